The van der Waals surface area contributed by atoms with Crippen LogP contribution in [0.25, 0.3) is 0 Å². The van der Waals surface area contributed by atoms with Crippen LogP contribution >= 0.6 is 0 Å². The van der Waals surface area contributed by atoms with Crippen molar-refractivity contribution in [3.05, 3.63) is 0 Å². The molecule has 0 aliphatic carbocycles. The summed E-state index contributed by atoms with van der Waals surface area (Å²) in [7, 11) is 0. The van der Waals surface area contributed by atoms with Crippen molar-refractivity contribution in [2.45, 2.75) is 33.1 Å². The Labute approximate surface area is 81.8 Å². The molecule has 0 fully saturated rings. The number of alkyl halides is 2. The largest absolute Gasteiger partial charge is 0.278 e. The van der Waals surface area contributed by atoms with Gasteiger partial charge in [0, 0.05) is 6.54 Å². The first-order valence-corrected chi connectivity index (χ1v) is 4.66. The van der Waals surface area contributed by atoms with E-state index >= 15 is 0 Å². The van der Waals surface area contributed by atoms with Crippen molar-refractivity contribution in [3.8, 4) is 0 Å². The van der Waals surface area contributed by atoms with Crippen molar-refractivity contribution in [3.63, 3.8) is 0 Å². The normalized spacial score (nSPS) is 17.1. The van der Waals surface area contributed by atoms with Crippen molar-refractivity contribution in [1.29, 1.82) is 0 Å². The molecule has 14 heavy (non-hydrogen) atoms. The number of rotatable bonds is 4. The highest BCUT2D eigenvalue weighted by Crippen LogP contribution is 2.15. The second-order valence-electron chi connectivity index (χ2n) is 3.77. The lowest BCUT2D eigenvalue weighted by molar-refractivity contribution is -0.128. The maximum Gasteiger partial charge on any atom is 0.278 e. The average Bonchev–Trinajstić information content (AvgIpc) is 2.43. The van der Waals surface area contributed by atoms with Crippen LogP contribution in [0.15, 0.2) is 5.10 Å². The van der Waals surface area contributed by atoms with E-state index in [9.17, 15) is 13.6 Å². The molecule has 0 aromatic rings. The van der Waals surface area contributed by atoms with Crippen molar-refractivity contribution < 1.29 is 13.6 Å². The van der Waals surface area contributed by atoms with Gasteiger partial charge >= 0.3 is 0 Å². The first-order valence-electron chi connectivity index (χ1n) is 4.66. The van der Waals surface area contributed by atoms with Crippen LogP contribution in [0.2, 0.25) is 0 Å². The molecule has 0 saturated carbocycles. The maximum absolute atomic E-state index is 12.2. The summed E-state index contributed by atoms with van der Waals surface area (Å²) in [6.45, 7) is 4.46. The van der Waals surface area contributed by atoms with Gasteiger partial charge < -0.3 is 0 Å². The first kappa shape index (κ1) is 11.1. The van der Waals surface area contributed by atoms with Crippen molar-refractivity contribution in [2.75, 3.05) is 6.54 Å². The fourth-order valence-electron chi connectivity index (χ4n) is 1.17. The summed E-state index contributed by atoms with van der Waals surface area (Å²) in [6, 6.07) is 0. The molecule has 1 aliphatic heterocycles. The molecular weight excluding hydrogens is 190 g/mol. The monoisotopic (exact) mass is 204 g/mol. The summed E-state index contributed by atoms with van der Waals surface area (Å²) in [6.07, 6.45) is -2.05. The van der Waals surface area contributed by atoms with Gasteiger partial charge in [-0.2, -0.15) is 5.10 Å². The number of nitrogens with zero attached hydrogens (tertiary/aromatic N) is 2. The van der Waals surface area contributed by atoms with Gasteiger partial charge in [0.25, 0.3) is 6.43 Å². The second-order valence-corrected chi connectivity index (χ2v) is 3.77. The standard InChI is InChI=1S/C9H14F2N2O/c1-6(2)3-4-13-8(14)5-7(12-13)9(10)11/h6,9H,3-5H2,1-2H3. The average molecular weight is 204 g/mol. The van der Waals surface area contributed by atoms with Crippen LogP contribution in [0, 0.1) is 5.92 Å². The van der Waals surface area contributed by atoms with Crippen LogP contribution in [0.4, 0.5) is 8.78 Å². The topological polar surface area (TPSA) is 32.7 Å². The Balaban J connectivity index is 2.49. The fourth-order valence-corrected chi connectivity index (χ4v) is 1.17. The number of hydrazone groups is 1. The van der Waals surface area contributed by atoms with E-state index in [1.165, 1.54) is 0 Å². The van der Waals surface area contributed by atoms with Gasteiger partial charge in [0.1, 0.15) is 5.71 Å². The number of amides is 1. The lowest BCUT2D eigenvalue weighted by Crippen LogP contribution is -2.22. The molecule has 0 bridgehead atoms. The number of carbonyl (C=O) groups is 1. The minimum absolute atomic E-state index is 0.226. The van der Waals surface area contributed by atoms with Gasteiger partial charge in [0.15, 0.2) is 0 Å². The van der Waals surface area contributed by atoms with Gasteiger partial charge in [-0.15, -0.1) is 0 Å². The number of hydrogen-bond acceptors (Lipinski definition) is 2. The molecule has 0 aromatic carbocycles. The zero-order valence-corrected chi connectivity index (χ0v) is 8.33. The van der Waals surface area contributed by atoms with E-state index in [4.69, 9.17) is 0 Å². The van der Waals surface area contributed by atoms with Gasteiger partial charge in [-0.25, -0.2) is 13.8 Å². The van der Waals surface area contributed by atoms with E-state index in [2.05, 4.69) is 5.10 Å². The number of halogens is 2. The van der Waals surface area contributed by atoms with E-state index in [1.54, 1.807) is 0 Å². The summed E-state index contributed by atoms with van der Waals surface area (Å²) in [5, 5.41) is 4.75. The minimum atomic E-state index is -2.61. The van der Waals surface area contributed by atoms with Crippen molar-refractivity contribution in [1.82, 2.24) is 5.01 Å². The van der Waals surface area contributed by atoms with Crippen molar-refractivity contribution in [2.24, 2.45) is 11.0 Å². The summed E-state index contributed by atoms with van der Waals surface area (Å²) in [5.74, 6) is 0.120. The predicted molar refractivity (Wildman–Crippen MR) is 49.2 cm³/mol. The quantitative estimate of drug-likeness (QED) is 0.688. The van der Waals surface area contributed by atoms with Crippen LogP contribution in [-0.2, 0) is 4.79 Å². The SMILES string of the molecule is CC(C)CCN1N=C(C(F)F)CC1=O. The zero-order valence-electron chi connectivity index (χ0n) is 8.33. The molecule has 1 heterocycles. The van der Waals surface area contributed by atoms with Crippen LogP contribution in [0.3, 0.4) is 0 Å². The Morgan fingerprint density at radius 1 is 1.50 bits per heavy atom. The lowest BCUT2D eigenvalue weighted by Gasteiger charge is -2.12. The number of hydrogen-bond donors (Lipinski definition) is 0. The zero-order chi connectivity index (χ0) is 10.7. The molecule has 1 aliphatic rings. The Morgan fingerprint density at radius 2 is 2.14 bits per heavy atom. The molecule has 80 valence electrons. The van der Waals surface area contributed by atoms with E-state index < -0.39 is 6.43 Å². The fraction of sp³-hybridized carbons (Fsp3) is 0.778. The van der Waals surface area contributed by atoms with E-state index in [1.807, 2.05) is 13.8 Å². The predicted octanol–water partition coefficient (Wildman–Crippen LogP) is 1.89. The van der Waals surface area contributed by atoms with Crippen molar-refractivity contribution >= 4 is 11.6 Å². The van der Waals surface area contributed by atoms with Crippen LogP contribution < -0.4 is 0 Å². The molecule has 1 rings (SSSR count). The Kier molecular flexibility index (Phi) is 3.55. The van der Waals surface area contributed by atoms with Gasteiger partial charge in [-0.1, -0.05) is 13.8 Å². The summed E-state index contributed by atoms with van der Waals surface area (Å²) in [4.78, 5) is 11.2. The molecule has 0 spiro atoms. The van der Waals surface area contributed by atoms with E-state index in [0.717, 1.165) is 11.4 Å². The Morgan fingerprint density at radius 3 is 2.57 bits per heavy atom. The Hall–Kier alpha value is -1.00. The lowest BCUT2D eigenvalue weighted by atomic mass is 10.1. The minimum Gasteiger partial charge on any atom is -0.273 e. The molecule has 0 saturated heterocycles. The number of carbonyl (C=O) groups excluding carboxylic acids is 1. The molecule has 0 radical (unpaired) electrons. The smallest absolute Gasteiger partial charge is 0.273 e. The summed E-state index contributed by atoms with van der Waals surface area (Å²) >= 11 is 0. The highest BCUT2D eigenvalue weighted by Gasteiger charge is 2.28. The molecule has 1 amide bonds. The third-order valence-corrected chi connectivity index (χ3v) is 2.04. The van der Waals surface area contributed by atoms with Gasteiger partial charge in [-0.3, -0.25) is 4.79 Å². The molecule has 0 N–H and O–H groups in total. The summed E-state index contributed by atoms with van der Waals surface area (Å²) < 4.78 is 24.4. The maximum atomic E-state index is 12.2. The first-order chi connectivity index (χ1) is 6.50. The second kappa shape index (κ2) is 4.48. The van der Waals surface area contributed by atoms with Gasteiger partial charge in [0.05, 0.1) is 6.42 Å². The third-order valence-electron chi connectivity index (χ3n) is 2.04. The molecular formula is C9H14F2N2O. The summed E-state index contributed by atoms with van der Waals surface area (Å²) in [5.41, 5.74) is -0.307. The highest BCUT2D eigenvalue weighted by molar-refractivity contribution is 6.06. The highest BCUT2D eigenvalue weighted by atomic mass is 19.3. The van der Waals surface area contributed by atoms with Gasteiger partial charge in [-0.05, 0) is 12.3 Å². The molecule has 0 unspecified atom stereocenters. The van der Waals surface area contributed by atoms with Gasteiger partial charge in [0.2, 0.25) is 5.91 Å². The molecule has 0 aromatic heterocycles. The van der Waals surface area contributed by atoms with E-state index in [0.29, 0.717) is 12.5 Å². The molecule has 5 heteroatoms. The molecule has 0 atom stereocenters. The van der Waals surface area contributed by atoms with Crippen LogP contribution in [0.5, 0.6) is 0 Å². The van der Waals surface area contributed by atoms with E-state index in [-0.39, 0.29) is 18.0 Å². The van der Waals surface area contributed by atoms with Crippen LogP contribution in [-0.4, -0.2) is 29.6 Å². The third kappa shape index (κ3) is 2.75. The van der Waals surface area contributed by atoms with Crippen LogP contribution in [0.1, 0.15) is 26.7 Å². The Bertz CT molecular complexity index is 251. The molecule has 3 nitrogen and oxygen atoms in total.